The van der Waals surface area contributed by atoms with Crippen LogP contribution in [0.4, 0.5) is 0 Å². The number of hydrogen-bond donors (Lipinski definition) is 2. The first-order valence-corrected chi connectivity index (χ1v) is 13.6. The third kappa shape index (κ3) is 5.78. The second-order valence-corrected chi connectivity index (χ2v) is 10.4. The van der Waals surface area contributed by atoms with Gasteiger partial charge in [0.1, 0.15) is 5.82 Å². The van der Waals surface area contributed by atoms with Gasteiger partial charge >= 0.3 is 0 Å². The number of fused-ring (bicyclic) bond motifs is 1. The van der Waals surface area contributed by atoms with Crippen LogP contribution in [0.15, 0.2) is 36.4 Å². The number of benzene rings is 2. The van der Waals surface area contributed by atoms with E-state index in [0.29, 0.717) is 11.5 Å². The summed E-state index contributed by atoms with van der Waals surface area (Å²) in [6, 6.07) is 14.4. The summed E-state index contributed by atoms with van der Waals surface area (Å²) in [6.07, 6.45) is 4.06. The Labute approximate surface area is 221 Å². The van der Waals surface area contributed by atoms with Crippen molar-refractivity contribution in [2.24, 2.45) is 0 Å². The van der Waals surface area contributed by atoms with Gasteiger partial charge in [-0.3, -0.25) is 4.79 Å². The Bertz CT molecular complexity index is 1280. The van der Waals surface area contributed by atoms with Crippen LogP contribution in [0.1, 0.15) is 96.0 Å². The number of imidazole rings is 1. The number of hydrogen-bond acceptors (Lipinski definition) is 4. The summed E-state index contributed by atoms with van der Waals surface area (Å²) in [4.78, 5) is 23.9. The molecule has 1 atom stereocenters. The van der Waals surface area contributed by atoms with Gasteiger partial charge in [-0.1, -0.05) is 38.5 Å². The van der Waals surface area contributed by atoms with Crippen molar-refractivity contribution in [3.63, 3.8) is 0 Å². The Balaban J connectivity index is 0.00000102. The Morgan fingerprint density at radius 1 is 1.11 bits per heavy atom. The highest BCUT2D eigenvalue weighted by Crippen LogP contribution is 2.32. The summed E-state index contributed by atoms with van der Waals surface area (Å²) in [5.74, 6) is 1.38. The van der Waals surface area contributed by atoms with Crippen LogP contribution in [0.3, 0.4) is 0 Å². The zero-order valence-corrected chi connectivity index (χ0v) is 22.8. The average Bonchev–Trinajstić information content (AvgIpc) is 3.34. The van der Waals surface area contributed by atoms with Gasteiger partial charge in [-0.25, -0.2) is 4.98 Å². The smallest absolute Gasteiger partial charge is 0.254 e. The van der Waals surface area contributed by atoms with Crippen LogP contribution in [0.5, 0.6) is 0 Å². The monoisotopic (exact) mass is 497 g/mol. The van der Waals surface area contributed by atoms with Crippen molar-refractivity contribution >= 4 is 5.91 Å². The summed E-state index contributed by atoms with van der Waals surface area (Å²) >= 11 is 0. The molecule has 1 unspecified atom stereocenters. The van der Waals surface area contributed by atoms with Crippen LogP contribution in [-0.4, -0.2) is 40.4 Å². The number of amides is 1. The molecule has 1 aromatic heterocycles. The minimum absolute atomic E-state index is 0.100. The molecule has 1 saturated heterocycles. The van der Waals surface area contributed by atoms with Crippen LogP contribution in [-0.2, 0) is 6.42 Å². The van der Waals surface area contributed by atoms with Gasteiger partial charge in [-0.2, -0.15) is 5.26 Å². The molecule has 0 spiro atoms. The van der Waals surface area contributed by atoms with Crippen molar-refractivity contribution < 1.29 is 4.79 Å². The highest BCUT2D eigenvalue weighted by Gasteiger charge is 2.27. The van der Waals surface area contributed by atoms with E-state index in [4.69, 9.17) is 10.2 Å². The number of H-pyrrole nitrogens is 1. The molecule has 0 bridgehead atoms. The second kappa shape index (κ2) is 11.7. The SMILES string of the molecule is CCC.Cc1cc(C)c(-c2nc3c([nH]2)CCNC3C)cc1C(=O)N1CCC(c2ccc(C#N)cc2)CC1. The molecule has 0 saturated carbocycles. The van der Waals surface area contributed by atoms with Crippen molar-refractivity contribution in [3.8, 4) is 17.5 Å². The molecule has 194 valence electrons. The van der Waals surface area contributed by atoms with Crippen molar-refractivity contribution in [3.05, 3.63) is 75.6 Å². The topological polar surface area (TPSA) is 84.8 Å². The third-order valence-corrected chi connectivity index (χ3v) is 7.40. The number of nitrogens with zero attached hydrogens (tertiary/aromatic N) is 3. The quantitative estimate of drug-likeness (QED) is 0.451. The highest BCUT2D eigenvalue weighted by atomic mass is 16.2. The van der Waals surface area contributed by atoms with Gasteiger partial charge in [0.15, 0.2) is 0 Å². The molecule has 3 aromatic rings. The predicted octanol–water partition coefficient (Wildman–Crippen LogP) is 6.21. The zero-order valence-electron chi connectivity index (χ0n) is 22.8. The fourth-order valence-corrected chi connectivity index (χ4v) is 5.36. The second-order valence-electron chi connectivity index (χ2n) is 10.4. The van der Waals surface area contributed by atoms with Crippen LogP contribution >= 0.6 is 0 Å². The lowest BCUT2D eigenvalue weighted by Gasteiger charge is -2.32. The van der Waals surface area contributed by atoms with Gasteiger partial charge in [0.05, 0.1) is 17.3 Å². The van der Waals surface area contributed by atoms with E-state index in [2.05, 4.69) is 62.3 Å². The molecular weight excluding hydrogens is 458 g/mol. The lowest BCUT2D eigenvalue weighted by Crippen LogP contribution is -2.38. The van der Waals surface area contributed by atoms with Gasteiger partial charge in [0.25, 0.3) is 5.91 Å². The zero-order chi connectivity index (χ0) is 26.5. The molecule has 6 nitrogen and oxygen atoms in total. The molecule has 1 fully saturated rings. The first kappa shape index (κ1) is 26.6. The summed E-state index contributed by atoms with van der Waals surface area (Å²) in [6.45, 7) is 12.9. The maximum Gasteiger partial charge on any atom is 0.254 e. The molecule has 1 amide bonds. The minimum atomic E-state index is 0.100. The van der Waals surface area contributed by atoms with Gasteiger partial charge in [-0.05, 0) is 74.4 Å². The molecule has 0 radical (unpaired) electrons. The number of likely N-dealkylation sites (tertiary alicyclic amines) is 1. The largest absolute Gasteiger partial charge is 0.342 e. The standard InChI is InChI=1S/C28H31N5O.C3H8/c1-17-14-18(2)24(15-23(17)27-31-25-8-11-30-19(3)26(25)32-27)28(34)33-12-9-22(10-13-33)21-6-4-20(16-29)5-7-21;1-3-2/h4-7,14-15,19,22,30H,8-13H2,1-3H3,(H,31,32);3H2,1-2H3. The van der Waals surface area contributed by atoms with E-state index in [1.807, 2.05) is 30.0 Å². The van der Waals surface area contributed by atoms with Gasteiger partial charge in [0.2, 0.25) is 0 Å². The summed E-state index contributed by atoms with van der Waals surface area (Å²) < 4.78 is 0. The van der Waals surface area contributed by atoms with E-state index in [0.717, 1.165) is 72.7 Å². The van der Waals surface area contributed by atoms with Gasteiger partial charge in [0, 0.05) is 48.9 Å². The maximum absolute atomic E-state index is 13.5. The van der Waals surface area contributed by atoms with Crippen molar-refractivity contribution in [1.29, 1.82) is 5.26 Å². The minimum Gasteiger partial charge on any atom is -0.342 e. The van der Waals surface area contributed by atoms with Gasteiger partial charge < -0.3 is 15.2 Å². The average molecular weight is 498 g/mol. The molecule has 2 aromatic carbocycles. The van der Waals surface area contributed by atoms with Crippen LogP contribution in [0, 0.1) is 25.2 Å². The Morgan fingerprint density at radius 2 is 1.78 bits per heavy atom. The molecule has 37 heavy (non-hydrogen) atoms. The van der Waals surface area contributed by atoms with Gasteiger partial charge in [-0.15, -0.1) is 0 Å². The number of rotatable bonds is 3. The number of nitriles is 1. The number of nitrogens with one attached hydrogen (secondary N) is 2. The first-order chi connectivity index (χ1) is 17.9. The predicted molar refractivity (Wildman–Crippen MR) is 149 cm³/mol. The highest BCUT2D eigenvalue weighted by molar-refractivity contribution is 5.97. The van der Waals surface area contributed by atoms with Crippen LogP contribution in [0.25, 0.3) is 11.4 Å². The molecule has 6 heteroatoms. The van der Waals surface area contributed by atoms with E-state index in [1.54, 1.807) is 0 Å². The van der Waals surface area contributed by atoms with Crippen LogP contribution < -0.4 is 5.32 Å². The molecule has 5 rings (SSSR count). The Morgan fingerprint density at radius 3 is 2.41 bits per heavy atom. The summed E-state index contributed by atoms with van der Waals surface area (Å²) in [7, 11) is 0. The van der Waals surface area contributed by atoms with Crippen molar-refractivity contribution in [1.82, 2.24) is 20.2 Å². The van der Waals surface area contributed by atoms with E-state index in [9.17, 15) is 4.79 Å². The third-order valence-electron chi connectivity index (χ3n) is 7.40. The number of aromatic amines is 1. The number of carbonyl (C=O) groups is 1. The number of aromatic nitrogens is 2. The van der Waals surface area contributed by atoms with E-state index in [-0.39, 0.29) is 11.9 Å². The Kier molecular flexibility index (Phi) is 8.45. The molecule has 2 aliphatic heterocycles. The summed E-state index contributed by atoms with van der Waals surface area (Å²) in [5.41, 5.74) is 8.11. The molecular formula is C31H39N5O. The van der Waals surface area contributed by atoms with E-state index in [1.165, 1.54) is 17.7 Å². The molecule has 2 aliphatic rings. The maximum atomic E-state index is 13.5. The first-order valence-electron chi connectivity index (χ1n) is 13.6. The van der Waals surface area contributed by atoms with E-state index < -0.39 is 0 Å². The van der Waals surface area contributed by atoms with Crippen molar-refractivity contribution in [2.75, 3.05) is 19.6 Å². The Hall–Kier alpha value is -3.43. The lowest BCUT2D eigenvalue weighted by molar-refractivity contribution is 0.0712. The number of aryl methyl sites for hydroxylation is 2. The molecule has 3 heterocycles. The number of carbonyl (C=O) groups excluding carboxylic acids is 1. The number of piperidine rings is 1. The fraction of sp³-hybridized carbons (Fsp3) is 0.452. The van der Waals surface area contributed by atoms with Crippen molar-refractivity contribution in [2.45, 2.75) is 72.3 Å². The van der Waals surface area contributed by atoms with E-state index >= 15 is 0 Å². The lowest BCUT2D eigenvalue weighted by atomic mass is 9.88. The molecule has 0 aliphatic carbocycles. The fourth-order valence-electron chi connectivity index (χ4n) is 5.36. The normalized spacial score (nSPS) is 17.4. The van der Waals surface area contributed by atoms with Crippen LogP contribution in [0.2, 0.25) is 0 Å². The molecule has 2 N–H and O–H groups in total. The summed E-state index contributed by atoms with van der Waals surface area (Å²) in [5, 5.41) is 12.5.